The zero-order chi connectivity index (χ0) is 24.7. The zero-order valence-electron chi connectivity index (χ0n) is 18.5. The van der Waals surface area contributed by atoms with Gasteiger partial charge in [-0.25, -0.2) is 9.59 Å². The van der Waals surface area contributed by atoms with E-state index in [2.05, 4.69) is 15.5 Å². The van der Waals surface area contributed by atoms with Crippen LogP contribution < -0.4 is 10.1 Å². The quantitative estimate of drug-likeness (QED) is 0.345. The molecule has 0 unspecified atom stereocenters. The molecule has 178 valence electrons. The number of ether oxygens (including phenoxy) is 3. The van der Waals surface area contributed by atoms with Crippen molar-refractivity contribution in [2.45, 2.75) is 11.8 Å². The lowest BCUT2D eigenvalue weighted by Gasteiger charge is -2.11. The summed E-state index contributed by atoms with van der Waals surface area (Å²) in [6.07, 6.45) is 0. The second-order valence-electron chi connectivity index (χ2n) is 6.76. The highest BCUT2D eigenvalue weighted by Crippen LogP contribution is 2.25. The molecular weight excluding hydrogens is 484 g/mol. The van der Waals surface area contributed by atoms with E-state index in [1.165, 1.54) is 32.4 Å². The van der Waals surface area contributed by atoms with Gasteiger partial charge in [0.2, 0.25) is 5.91 Å². The number of thioether (sulfide) groups is 1. The number of halogens is 1. The van der Waals surface area contributed by atoms with Gasteiger partial charge in [0.1, 0.15) is 12.4 Å². The molecule has 1 aromatic heterocycles. The molecule has 0 fully saturated rings. The molecule has 1 amide bonds. The normalized spacial score (nSPS) is 10.5. The van der Waals surface area contributed by atoms with Crippen molar-refractivity contribution in [3.05, 3.63) is 64.4 Å². The van der Waals surface area contributed by atoms with E-state index in [4.69, 9.17) is 25.8 Å². The highest BCUT2D eigenvalue weighted by atomic mass is 35.5. The van der Waals surface area contributed by atoms with E-state index in [1.54, 1.807) is 29.8 Å². The molecule has 2 aromatic carbocycles. The third kappa shape index (κ3) is 6.06. The fraction of sp³-hybridized carbons (Fsp3) is 0.227. The summed E-state index contributed by atoms with van der Waals surface area (Å²) >= 11 is 7.23. The van der Waals surface area contributed by atoms with E-state index in [1.807, 2.05) is 6.07 Å². The van der Waals surface area contributed by atoms with Crippen LogP contribution >= 0.6 is 23.4 Å². The summed E-state index contributed by atoms with van der Waals surface area (Å²) in [5.74, 6) is -0.643. The number of nitrogens with zero attached hydrogens (tertiary/aromatic N) is 3. The van der Waals surface area contributed by atoms with Gasteiger partial charge in [-0.2, -0.15) is 0 Å². The maximum absolute atomic E-state index is 12.6. The Kier molecular flexibility index (Phi) is 8.50. The molecule has 3 aromatic rings. The van der Waals surface area contributed by atoms with Crippen LogP contribution in [0, 0.1) is 0 Å². The summed E-state index contributed by atoms with van der Waals surface area (Å²) in [7, 11) is 4.21. The van der Waals surface area contributed by atoms with Crippen LogP contribution in [0.3, 0.4) is 0 Å². The first-order valence-corrected chi connectivity index (χ1v) is 11.2. The molecular formula is C22H21ClN4O6S. The van der Waals surface area contributed by atoms with Gasteiger partial charge in [0.15, 0.2) is 11.0 Å². The van der Waals surface area contributed by atoms with Gasteiger partial charge in [-0.15, -0.1) is 10.2 Å². The van der Waals surface area contributed by atoms with Crippen LogP contribution in [0.25, 0.3) is 0 Å². The lowest BCUT2D eigenvalue weighted by atomic mass is 10.1. The van der Waals surface area contributed by atoms with Crippen LogP contribution in [0.1, 0.15) is 26.5 Å². The smallest absolute Gasteiger partial charge is 0.339 e. The number of amides is 1. The molecule has 0 bridgehead atoms. The molecule has 0 spiro atoms. The number of para-hydroxylation sites is 1. The molecule has 1 N–H and O–H groups in total. The van der Waals surface area contributed by atoms with Gasteiger partial charge < -0.3 is 24.1 Å². The van der Waals surface area contributed by atoms with Gasteiger partial charge in [-0.05, 0) is 30.3 Å². The SMILES string of the molecule is COC(=O)c1ccc(C(=O)OC)c(NC(=O)CSc2nnc(COc3ccccc3Cl)n2C)c1. The van der Waals surface area contributed by atoms with Crippen molar-refractivity contribution in [1.82, 2.24) is 14.8 Å². The van der Waals surface area contributed by atoms with E-state index < -0.39 is 17.8 Å². The summed E-state index contributed by atoms with van der Waals surface area (Å²) in [5.41, 5.74) is 0.410. The number of carbonyl (C=O) groups is 3. The Morgan fingerprint density at radius 3 is 2.50 bits per heavy atom. The monoisotopic (exact) mass is 504 g/mol. The largest absolute Gasteiger partial charge is 0.484 e. The maximum Gasteiger partial charge on any atom is 0.339 e. The molecule has 3 rings (SSSR count). The van der Waals surface area contributed by atoms with Crippen molar-refractivity contribution >= 4 is 46.9 Å². The molecule has 0 radical (unpaired) electrons. The van der Waals surface area contributed by atoms with E-state index in [9.17, 15) is 14.4 Å². The third-order valence-corrected chi connectivity index (χ3v) is 5.90. The molecule has 10 nitrogen and oxygen atoms in total. The van der Waals surface area contributed by atoms with Crippen LogP contribution in [-0.4, -0.2) is 52.6 Å². The molecule has 0 atom stereocenters. The van der Waals surface area contributed by atoms with Gasteiger partial charge in [-0.3, -0.25) is 4.79 Å². The summed E-state index contributed by atoms with van der Waals surface area (Å²) in [6, 6.07) is 11.2. The first-order chi connectivity index (χ1) is 16.3. The molecule has 12 heteroatoms. The van der Waals surface area contributed by atoms with Crippen molar-refractivity contribution in [2.24, 2.45) is 7.05 Å². The van der Waals surface area contributed by atoms with Crippen LogP contribution in [0.2, 0.25) is 5.02 Å². The number of nitrogens with one attached hydrogen (secondary N) is 1. The Labute approximate surface area is 204 Å². The first-order valence-electron chi connectivity index (χ1n) is 9.83. The van der Waals surface area contributed by atoms with E-state index >= 15 is 0 Å². The predicted octanol–water partition coefficient (Wildman–Crippen LogP) is 3.35. The molecule has 0 aliphatic heterocycles. The van der Waals surface area contributed by atoms with Crippen molar-refractivity contribution in [2.75, 3.05) is 25.3 Å². The molecule has 0 saturated heterocycles. The summed E-state index contributed by atoms with van der Waals surface area (Å²) in [6.45, 7) is 0.142. The Hall–Kier alpha value is -3.57. The Bertz CT molecular complexity index is 1220. The minimum Gasteiger partial charge on any atom is -0.484 e. The van der Waals surface area contributed by atoms with E-state index in [-0.39, 0.29) is 29.2 Å². The number of rotatable bonds is 9. The van der Waals surface area contributed by atoms with E-state index in [0.29, 0.717) is 21.8 Å². The van der Waals surface area contributed by atoms with Gasteiger partial charge >= 0.3 is 11.9 Å². The standard InChI is InChI=1S/C22H21ClN4O6S/c1-27-18(11-33-17-7-5-4-6-15(17)23)25-26-22(27)34-12-19(28)24-16-10-13(20(29)31-2)8-9-14(16)21(30)32-3/h4-10H,11-12H2,1-3H3,(H,24,28). The number of anilines is 1. The lowest BCUT2D eigenvalue weighted by Crippen LogP contribution is -2.18. The van der Waals surface area contributed by atoms with Crippen LogP contribution in [0.15, 0.2) is 47.6 Å². The Morgan fingerprint density at radius 1 is 1.06 bits per heavy atom. The second kappa shape index (κ2) is 11.5. The van der Waals surface area contributed by atoms with Gasteiger partial charge in [0.05, 0.1) is 41.8 Å². The molecule has 0 aliphatic rings. The fourth-order valence-corrected chi connectivity index (χ4v) is 3.72. The first kappa shape index (κ1) is 25.1. The highest BCUT2D eigenvalue weighted by Gasteiger charge is 2.18. The number of benzene rings is 2. The maximum atomic E-state index is 12.6. The third-order valence-electron chi connectivity index (χ3n) is 4.57. The predicted molar refractivity (Wildman–Crippen MR) is 125 cm³/mol. The van der Waals surface area contributed by atoms with Gasteiger partial charge in [0.25, 0.3) is 0 Å². The minimum absolute atomic E-state index is 0.0274. The number of hydrogen-bond donors (Lipinski definition) is 1. The molecule has 0 aliphatic carbocycles. The Morgan fingerprint density at radius 2 is 1.79 bits per heavy atom. The van der Waals surface area contributed by atoms with Crippen LogP contribution in [0.4, 0.5) is 5.69 Å². The summed E-state index contributed by atoms with van der Waals surface area (Å²) in [5, 5.41) is 11.8. The summed E-state index contributed by atoms with van der Waals surface area (Å²) < 4.78 is 16.8. The number of carbonyl (C=O) groups excluding carboxylic acids is 3. The number of aromatic nitrogens is 3. The average molecular weight is 505 g/mol. The number of hydrogen-bond acceptors (Lipinski definition) is 9. The van der Waals surface area contributed by atoms with Crippen molar-refractivity contribution in [3.8, 4) is 5.75 Å². The highest BCUT2D eigenvalue weighted by molar-refractivity contribution is 7.99. The Balaban J connectivity index is 1.64. The van der Waals surface area contributed by atoms with Crippen molar-refractivity contribution in [1.29, 1.82) is 0 Å². The number of esters is 2. The van der Waals surface area contributed by atoms with Gasteiger partial charge in [-0.1, -0.05) is 35.5 Å². The van der Waals surface area contributed by atoms with Crippen LogP contribution in [-0.2, 0) is 27.9 Å². The fourth-order valence-electron chi connectivity index (χ4n) is 2.80. The summed E-state index contributed by atoms with van der Waals surface area (Å²) in [4.78, 5) is 36.4. The van der Waals surface area contributed by atoms with Crippen LogP contribution in [0.5, 0.6) is 5.75 Å². The van der Waals surface area contributed by atoms with E-state index in [0.717, 1.165) is 11.8 Å². The molecule has 34 heavy (non-hydrogen) atoms. The second-order valence-corrected chi connectivity index (χ2v) is 8.11. The molecule has 1 heterocycles. The molecule has 0 saturated carbocycles. The van der Waals surface area contributed by atoms with Crippen molar-refractivity contribution in [3.63, 3.8) is 0 Å². The lowest BCUT2D eigenvalue weighted by molar-refractivity contribution is -0.113. The van der Waals surface area contributed by atoms with Gasteiger partial charge in [0, 0.05) is 7.05 Å². The van der Waals surface area contributed by atoms with Crippen molar-refractivity contribution < 1.29 is 28.6 Å². The average Bonchev–Trinajstić information content (AvgIpc) is 3.20. The minimum atomic E-state index is -0.657. The zero-order valence-corrected chi connectivity index (χ0v) is 20.1. The topological polar surface area (TPSA) is 122 Å². The number of methoxy groups -OCH3 is 2.